The van der Waals surface area contributed by atoms with Crippen LogP contribution in [0, 0.1) is 0 Å². The van der Waals surface area contributed by atoms with Gasteiger partial charge in [0.05, 0.1) is 22.5 Å². The summed E-state index contributed by atoms with van der Waals surface area (Å²) in [5.74, 6) is -0.404. The van der Waals surface area contributed by atoms with Gasteiger partial charge in [-0.25, -0.2) is 5.01 Å². The van der Waals surface area contributed by atoms with Crippen molar-refractivity contribution in [1.29, 1.82) is 0 Å². The van der Waals surface area contributed by atoms with Gasteiger partial charge in [0, 0.05) is 6.04 Å². The van der Waals surface area contributed by atoms with E-state index in [0.717, 1.165) is 34.3 Å². The van der Waals surface area contributed by atoms with E-state index in [1.165, 1.54) is 5.01 Å². The Hall–Kier alpha value is -2.93. The Kier molecular flexibility index (Phi) is 3.82. The number of nitrogens with one attached hydrogen (secondary N) is 1. The van der Waals surface area contributed by atoms with Crippen molar-refractivity contribution in [2.45, 2.75) is 25.4 Å². The third-order valence-corrected chi connectivity index (χ3v) is 5.72. The minimum atomic E-state index is -0.240. The first-order valence-corrected chi connectivity index (χ1v) is 9.88. The number of nitrogens with zero attached hydrogens (tertiary/aromatic N) is 3. The maximum atomic E-state index is 13.1. The van der Waals surface area contributed by atoms with Gasteiger partial charge in [-0.2, -0.15) is 5.10 Å². The Morgan fingerprint density at radius 1 is 1.22 bits per heavy atom. The lowest BCUT2D eigenvalue weighted by atomic mass is 10.1. The molecular weight excluding hydrogens is 360 g/mol. The van der Waals surface area contributed by atoms with E-state index in [1.54, 1.807) is 11.3 Å². The predicted molar refractivity (Wildman–Crippen MR) is 105 cm³/mol. The van der Waals surface area contributed by atoms with E-state index >= 15 is 0 Å². The van der Waals surface area contributed by atoms with Crippen molar-refractivity contribution in [2.75, 3.05) is 6.54 Å². The summed E-state index contributed by atoms with van der Waals surface area (Å²) < 4.78 is 3.06. The van der Waals surface area contributed by atoms with E-state index < -0.39 is 0 Å². The van der Waals surface area contributed by atoms with Crippen molar-refractivity contribution in [3.05, 3.63) is 59.1 Å². The first-order chi connectivity index (χ1) is 13.2. The van der Waals surface area contributed by atoms with Gasteiger partial charge in [-0.15, -0.1) is 11.3 Å². The monoisotopic (exact) mass is 378 g/mol. The molecule has 3 aromatic rings. The van der Waals surface area contributed by atoms with E-state index in [2.05, 4.69) is 10.4 Å². The maximum absolute atomic E-state index is 13.1. The Labute approximate surface area is 160 Å². The second kappa shape index (κ2) is 6.35. The largest absolute Gasteiger partial charge is 0.352 e. The number of aromatic nitrogens is 1. The molecule has 1 aliphatic heterocycles. The summed E-state index contributed by atoms with van der Waals surface area (Å²) in [6, 6.07) is 14.0. The van der Waals surface area contributed by atoms with Crippen LogP contribution in [0.4, 0.5) is 0 Å². The van der Waals surface area contributed by atoms with Gasteiger partial charge in [-0.05, 0) is 35.9 Å². The molecule has 0 saturated heterocycles. The smallest absolute Gasteiger partial charge is 0.291 e. The number of hydrogen-bond donors (Lipinski definition) is 1. The summed E-state index contributed by atoms with van der Waals surface area (Å²) in [5.41, 5.74) is 3.32. The van der Waals surface area contributed by atoms with Gasteiger partial charge in [-0.1, -0.05) is 30.3 Å². The summed E-state index contributed by atoms with van der Waals surface area (Å²) >= 11 is 1.61. The molecule has 0 radical (unpaired) electrons. The van der Waals surface area contributed by atoms with Crippen molar-refractivity contribution in [3.63, 3.8) is 0 Å². The number of rotatable bonds is 4. The molecule has 1 N–H and O–H groups in total. The minimum Gasteiger partial charge on any atom is -0.352 e. The van der Waals surface area contributed by atoms with Crippen LogP contribution in [-0.4, -0.2) is 39.7 Å². The number of amides is 2. The Morgan fingerprint density at radius 2 is 2.04 bits per heavy atom. The third-order valence-electron chi connectivity index (χ3n) is 4.87. The van der Waals surface area contributed by atoms with Gasteiger partial charge in [-0.3, -0.25) is 9.59 Å². The summed E-state index contributed by atoms with van der Waals surface area (Å²) in [6.45, 7) is 0.427. The zero-order chi connectivity index (χ0) is 18.4. The molecule has 0 atom stereocenters. The molecule has 0 unspecified atom stereocenters. The van der Waals surface area contributed by atoms with Crippen LogP contribution in [0.2, 0.25) is 0 Å². The molecule has 136 valence electrons. The lowest BCUT2D eigenvalue weighted by Gasteiger charge is -2.16. The summed E-state index contributed by atoms with van der Waals surface area (Å²) in [6.07, 6.45) is 2.02. The van der Waals surface area contributed by atoms with E-state index in [0.29, 0.717) is 12.2 Å². The van der Waals surface area contributed by atoms with Crippen LogP contribution in [0.3, 0.4) is 0 Å². The average molecular weight is 378 g/mol. The average Bonchev–Trinajstić information content (AvgIpc) is 3.27. The van der Waals surface area contributed by atoms with Gasteiger partial charge in [0.15, 0.2) is 0 Å². The van der Waals surface area contributed by atoms with E-state index in [-0.39, 0.29) is 24.4 Å². The van der Waals surface area contributed by atoms with Crippen molar-refractivity contribution >= 4 is 39.1 Å². The Morgan fingerprint density at radius 3 is 2.81 bits per heavy atom. The standard InChI is InChI=1S/C20H18N4O2S/c25-19(21-14-6-7-14)12-24-20(26)17-10-18-16(8-9-27-18)23(17)11-15(22-24)13-4-2-1-3-5-13/h1-5,8-10,14H,6-7,11-12H2,(H,21,25). The molecule has 2 amide bonds. The molecule has 2 aliphatic rings. The van der Waals surface area contributed by atoms with Crippen molar-refractivity contribution in [1.82, 2.24) is 14.9 Å². The second-order valence-corrected chi connectivity index (χ2v) is 7.85. The highest BCUT2D eigenvalue weighted by Gasteiger charge is 2.30. The summed E-state index contributed by atoms with van der Waals surface area (Å²) in [5, 5.41) is 10.9. The number of hydrogen-bond acceptors (Lipinski definition) is 4. The van der Waals surface area contributed by atoms with Crippen LogP contribution in [0.25, 0.3) is 10.2 Å². The van der Waals surface area contributed by atoms with Crippen LogP contribution in [0.1, 0.15) is 28.9 Å². The third kappa shape index (κ3) is 3.04. The number of benzene rings is 1. The van der Waals surface area contributed by atoms with Crippen LogP contribution >= 0.6 is 11.3 Å². The number of carbonyl (C=O) groups is 2. The predicted octanol–water partition coefficient (Wildman–Crippen LogP) is 2.84. The first-order valence-electron chi connectivity index (χ1n) is 9.00. The molecule has 5 rings (SSSR count). The number of hydrazone groups is 1. The van der Waals surface area contributed by atoms with Crippen LogP contribution in [0.15, 0.2) is 52.9 Å². The van der Waals surface area contributed by atoms with Crippen molar-refractivity contribution in [2.24, 2.45) is 5.10 Å². The fourth-order valence-electron chi connectivity index (χ4n) is 3.35. The van der Waals surface area contributed by atoms with Crippen molar-refractivity contribution < 1.29 is 9.59 Å². The molecule has 7 heteroatoms. The molecule has 3 heterocycles. The molecule has 2 aromatic heterocycles. The Balaban J connectivity index is 1.56. The van der Waals surface area contributed by atoms with Crippen LogP contribution < -0.4 is 5.32 Å². The number of fused-ring (bicyclic) bond motifs is 3. The molecule has 0 spiro atoms. The summed E-state index contributed by atoms with van der Waals surface area (Å²) in [7, 11) is 0. The SMILES string of the molecule is O=C(CN1N=C(c2ccccc2)Cn2c(cc3sccc32)C1=O)NC1CC1. The molecule has 6 nitrogen and oxygen atoms in total. The fraction of sp³-hybridized carbons (Fsp3) is 0.250. The van der Waals surface area contributed by atoms with Gasteiger partial charge in [0.25, 0.3) is 5.91 Å². The molecule has 1 fully saturated rings. The Bertz CT molecular complexity index is 1060. The number of thiophene rings is 1. The lowest BCUT2D eigenvalue weighted by Crippen LogP contribution is -2.38. The zero-order valence-corrected chi connectivity index (χ0v) is 15.4. The molecule has 1 aliphatic carbocycles. The van der Waals surface area contributed by atoms with Gasteiger partial charge in [0.2, 0.25) is 5.91 Å². The molecule has 27 heavy (non-hydrogen) atoms. The topological polar surface area (TPSA) is 66.7 Å². The highest BCUT2D eigenvalue weighted by atomic mass is 32.1. The van der Waals surface area contributed by atoms with Gasteiger partial charge in [0.1, 0.15) is 12.2 Å². The minimum absolute atomic E-state index is 0.0650. The molecule has 1 saturated carbocycles. The zero-order valence-electron chi connectivity index (χ0n) is 14.6. The molecular formula is C20H18N4O2S. The highest BCUT2D eigenvalue weighted by molar-refractivity contribution is 7.17. The fourth-order valence-corrected chi connectivity index (χ4v) is 4.18. The maximum Gasteiger partial charge on any atom is 0.291 e. The van der Waals surface area contributed by atoms with Gasteiger partial charge >= 0.3 is 0 Å². The first kappa shape index (κ1) is 16.3. The van der Waals surface area contributed by atoms with E-state index in [1.807, 2.05) is 52.4 Å². The quantitative estimate of drug-likeness (QED) is 0.759. The number of carbonyl (C=O) groups excluding carboxylic acids is 2. The molecule has 1 aromatic carbocycles. The van der Waals surface area contributed by atoms with Crippen LogP contribution in [-0.2, 0) is 11.3 Å². The second-order valence-electron chi connectivity index (χ2n) is 6.90. The van der Waals surface area contributed by atoms with Crippen molar-refractivity contribution in [3.8, 4) is 0 Å². The normalized spacial score (nSPS) is 16.8. The lowest BCUT2D eigenvalue weighted by molar-refractivity contribution is -0.121. The highest BCUT2D eigenvalue weighted by Crippen LogP contribution is 2.28. The molecule has 0 bridgehead atoms. The summed E-state index contributed by atoms with van der Waals surface area (Å²) in [4.78, 5) is 25.5. The van der Waals surface area contributed by atoms with Crippen LogP contribution in [0.5, 0.6) is 0 Å². The van der Waals surface area contributed by atoms with Gasteiger partial charge < -0.3 is 9.88 Å². The van der Waals surface area contributed by atoms with E-state index in [4.69, 9.17) is 0 Å². The van der Waals surface area contributed by atoms with E-state index in [9.17, 15) is 9.59 Å².